The summed E-state index contributed by atoms with van der Waals surface area (Å²) in [7, 11) is 0. The molecule has 2 N–H and O–H groups in total. The normalized spacial score (nSPS) is 24.8. The van der Waals surface area contributed by atoms with Crippen LogP contribution in [-0.2, 0) is 6.42 Å². The highest BCUT2D eigenvalue weighted by Crippen LogP contribution is 2.30. The molecular weight excluding hydrogens is 251 g/mol. The molecule has 1 aliphatic heterocycles. The molecule has 3 heteroatoms. The smallest absolute Gasteiger partial charge is 0.123 e. The lowest BCUT2D eigenvalue weighted by Gasteiger charge is -2.38. The number of rotatable bonds is 4. The molecule has 0 aromatic heterocycles. The van der Waals surface area contributed by atoms with Gasteiger partial charge < -0.3 is 10.6 Å². The lowest BCUT2D eigenvalue weighted by Crippen LogP contribution is -2.39. The molecular formula is C17H27FN2. The van der Waals surface area contributed by atoms with E-state index >= 15 is 0 Å². The monoisotopic (exact) mass is 278 g/mol. The first-order valence-electron chi connectivity index (χ1n) is 7.80. The highest BCUT2D eigenvalue weighted by molar-refractivity contribution is 5.54. The van der Waals surface area contributed by atoms with Gasteiger partial charge in [0.15, 0.2) is 0 Å². The maximum absolute atomic E-state index is 13.5. The van der Waals surface area contributed by atoms with Gasteiger partial charge >= 0.3 is 0 Å². The quantitative estimate of drug-likeness (QED) is 0.912. The van der Waals surface area contributed by atoms with E-state index in [4.69, 9.17) is 5.73 Å². The minimum Gasteiger partial charge on any atom is -0.371 e. The minimum atomic E-state index is -0.162. The number of benzene rings is 1. The Kier molecular flexibility index (Phi) is 5.03. The molecule has 2 rings (SSSR count). The Hall–Kier alpha value is -1.09. The third kappa shape index (κ3) is 3.51. The van der Waals surface area contributed by atoms with Gasteiger partial charge in [0.05, 0.1) is 0 Å². The average molecular weight is 278 g/mol. The van der Waals surface area contributed by atoms with E-state index in [2.05, 4.69) is 25.7 Å². The van der Waals surface area contributed by atoms with Gasteiger partial charge in [0.2, 0.25) is 0 Å². The maximum Gasteiger partial charge on any atom is 0.123 e. The van der Waals surface area contributed by atoms with Gasteiger partial charge in [-0.05, 0) is 54.9 Å². The topological polar surface area (TPSA) is 29.3 Å². The van der Waals surface area contributed by atoms with Gasteiger partial charge in [-0.25, -0.2) is 4.39 Å². The van der Waals surface area contributed by atoms with Gasteiger partial charge in [0, 0.05) is 24.8 Å². The van der Waals surface area contributed by atoms with Crippen molar-refractivity contribution in [2.45, 2.75) is 46.1 Å². The van der Waals surface area contributed by atoms with Crippen molar-refractivity contribution in [2.75, 3.05) is 18.0 Å². The van der Waals surface area contributed by atoms with Crippen molar-refractivity contribution in [3.63, 3.8) is 0 Å². The molecule has 3 atom stereocenters. The van der Waals surface area contributed by atoms with Crippen LogP contribution < -0.4 is 10.6 Å². The van der Waals surface area contributed by atoms with E-state index in [1.54, 1.807) is 12.1 Å². The van der Waals surface area contributed by atoms with Crippen LogP contribution >= 0.6 is 0 Å². The van der Waals surface area contributed by atoms with Crippen molar-refractivity contribution >= 4 is 5.69 Å². The molecule has 1 aromatic carbocycles. The molecule has 112 valence electrons. The molecule has 1 saturated heterocycles. The van der Waals surface area contributed by atoms with Crippen LogP contribution in [0.3, 0.4) is 0 Å². The van der Waals surface area contributed by atoms with Crippen molar-refractivity contribution in [3.8, 4) is 0 Å². The first-order valence-corrected chi connectivity index (χ1v) is 7.80. The van der Waals surface area contributed by atoms with Crippen molar-refractivity contribution in [1.29, 1.82) is 0 Å². The zero-order valence-corrected chi connectivity index (χ0v) is 12.9. The molecule has 0 aliphatic carbocycles. The predicted octanol–water partition coefficient (Wildman–Crippen LogP) is 3.59. The Balaban J connectivity index is 2.22. The molecule has 1 aliphatic rings. The summed E-state index contributed by atoms with van der Waals surface area (Å²) in [4.78, 5) is 2.40. The van der Waals surface area contributed by atoms with Crippen LogP contribution in [0.1, 0.15) is 39.2 Å². The van der Waals surface area contributed by atoms with Gasteiger partial charge in [0.1, 0.15) is 5.82 Å². The van der Waals surface area contributed by atoms with Crippen LogP contribution in [0.2, 0.25) is 0 Å². The predicted molar refractivity (Wildman–Crippen MR) is 83.5 cm³/mol. The number of hydrogen-bond acceptors (Lipinski definition) is 2. The SMILES string of the molecule is CCC(N)Cc1cc(F)ccc1N1CCC(C)C(C)C1. The van der Waals surface area contributed by atoms with E-state index in [0.29, 0.717) is 5.92 Å². The van der Waals surface area contributed by atoms with E-state index in [1.807, 2.05) is 6.07 Å². The summed E-state index contributed by atoms with van der Waals surface area (Å²) in [5.74, 6) is 1.29. The zero-order valence-electron chi connectivity index (χ0n) is 12.9. The van der Waals surface area contributed by atoms with E-state index in [1.165, 1.54) is 12.1 Å². The van der Waals surface area contributed by atoms with E-state index < -0.39 is 0 Å². The standard InChI is InChI=1S/C17H27FN2/c1-4-16(19)10-14-9-15(18)5-6-17(14)20-8-7-12(2)13(3)11-20/h5-6,9,12-13,16H,4,7-8,10-11,19H2,1-3H3. The Morgan fingerprint density at radius 3 is 2.75 bits per heavy atom. The second-order valence-electron chi connectivity index (χ2n) is 6.33. The van der Waals surface area contributed by atoms with Gasteiger partial charge in [0.25, 0.3) is 0 Å². The summed E-state index contributed by atoms with van der Waals surface area (Å²) < 4.78 is 13.5. The van der Waals surface area contributed by atoms with Crippen LogP contribution in [0.15, 0.2) is 18.2 Å². The fraction of sp³-hybridized carbons (Fsp3) is 0.647. The Labute approximate surface area is 122 Å². The Morgan fingerprint density at radius 1 is 1.35 bits per heavy atom. The number of hydrogen-bond donors (Lipinski definition) is 1. The molecule has 1 heterocycles. The van der Waals surface area contributed by atoms with Crippen LogP contribution in [-0.4, -0.2) is 19.1 Å². The Morgan fingerprint density at radius 2 is 2.10 bits per heavy atom. The molecule has 0 saturated carbocycles. The molecule has 3 unspecified atom stereocenters. The second-order valence-corrected chi connectivity index (χ2v) is 6.33. The van der Waals surface area contributed by atoms with E-state index in [-0.39, 0.29) is 11.9 Å². The molecule has 0 bridgehead atoms. The summed E-state index contributed by atoms with van der Waals surface area (Å²) in [6, 6.07) is 5.26. The molecule has 1 fully saturated rings. The maximum atomic E-state index is 13.5. The van der Waals surface area contributed by atoms with E-state index in [0.717, 1.165) is 37.4 Å². The lowest BCUT2D eigenvalue weighted by atomic mass is 9.88. The first-order chi connectivity index (χ1) is 9.51. The first kappa shape index (κ1) is 15.3. The number of piperidine rings is 1. The van der Waals surface area contributed by atoms with Crippen molar-refractivity contribution < 1.29 is 4.39 Å². The highest BCUT2D eigenvalue weighted by atomic mass is 19.1. The fourth-order valence-corrected chi connectivity index (χ4v) is 2.93. The molecule has 2 nitrogen and oxygen atoms in total. The van der Waals surface area contributed by atoms with Crippen LogP contribution in [0.5, 0.6) is 0 Å². The largest absolute Gasteiger partial charge is 0.371 e. The van der Waals surface area contributed by atoms with E-state index in [9.17, 15) is 4.39 Å². The van der Waals surface area contributed by atoms with Gasteiger partial charge in [-0.15, -0.1) is 0 Å². The summed E-state index contributed by atoms with van der Waals surface area (Å²) in [5.41, 5.74) is 8.29. The number of halogens is 1. The molecule has 0 amide bonds. The molecule has 0 spiro atoms. The number of nitrogens with two attached hydrogens (primary N) is 1. The summed E-state index contributed by atoms with van der Waals surface area (Å²) in [5, 5.41) is 0. The molecule has 0 radical (unpaired) electrons. The van der Waals surface area contributed by atoms with Gasteiger partial charge in [-0.1, -0.05) is 20.8 Å². The number of nitrogens with zero attached hydrogens (tertiary/aromatic N) is 1. The van der Waals surface area contributed by atoms with Gasteiger partial charge in [-0.3, -0.25) is 0 Å². The lowest BCUT2D eigenvalue weighted by molar-refractivity contribution is 0.323. The van der Waals surface area contributed by atoms with Crippen LogP contribution in [0, 0.1) is 17.7 Å². The molecule has 20 heavy (non-hydrogen) atoms. The number of anilines is 1. The third-order valence-corrected chi connectivity index (χ3v) is 4.72. The van der Waals surface area contributed by atoms with Gasteiger partial charge in [-0.2, -0.15) is 0 Å². The van der Waals surface area contributed by atoms with Crippen LogP contribution in [0.4, 0.5) is 10.1 Å². The van der Waals surface area contributed by atoms with Crippen molar-refractivity contribution in [2.24, 2.45) is 17.6 Å². The third-order valence-electron chi connectivity index (χ3n) is 4.72. The summed E-state index contributed by atoms with van der Waals surface area (Å²) in [6.07, 6.45) is 2.88. The Bertz CT molecular complexity index is 447. The minimum absolute atomic E-state index is 0.108. The molecule has 1 aromatic rings. The van der Waals surface area contributed by atoms with Crippen molar-refractivity contribution in [1.82, 2.24) is 0 Å². The highest BCUT2D eigenvalue weighted by Gasteiger charge is 2.24. The zero-order chi connectivity index (χ0) is 14.7. The second kappa shape index (κ2) is 6.57. The summed E-state index contributed by atoms with van der Waals surface area (Å²) in [6.45, 7) is 8.82. The van der Waals surface area contributed by atoms with Crippen molar-refractivity contribution in [3.05, 3.63) is 29.6 Å². The average Bonchev–Trinajstić information content (AvgIpc) is 2.42. The fourth-order valence-electron chi connectivity index (χ4n) is 2.93. The summed E-state index contributed by atoms with van der Waals surface area (Å²) >= 11 is 0. The van der Waals surface area contributed by atoms with Crippen LogP contribution in [0.25, 0.3) is 0 Å².